The number of hydrogen-bond donors (Lipinski definition) is 3. The molecule has 12 heterocycles. The molecule has 23 heteroatoms. The largest absolute Gasteiger partial charge is 0.493 e. The second-order valence-corrected chi connectivity index (χ2v) is 22.7. The molecule has 0 fully saturated rings. The van der Waals surface area contributed by atoms with Crippen molar-refractivity contribution in [1.82, 2.24) is 62.9 Å². The van der Waals surface area contributed by atoms with E-state index < -0.39 is 0 Å². The zero-order valence-electron chi connectivity index (χ0n) is 51.7. The highest BCUT2D eigenvalue weighted by molar-refractivity contribution is 5.83. The Kier molecular flexibility index (Phi) is 16.0. The quantitative estimate of drug-likeness (QED) is 0.0924. The van der Waals surface area contributed by atoms with Gasteiger partial charge in [0, 0.05) is 173 Å². The number of aryl methyl sites for hydroxylation is 6. The number of benzene rings is 3. The van der Waals surface area contributed by atoms with Crippen LogP contribution in [0.2, 0.25) is 0 Å². The maximum Gasteiger partial charge on any atom is 0.213 e. The molecule has 91 heavy (non-hydrogen) atoms. The van der Waals surface area contributed by atoms with Crippen LogP contribution in [0.1, 0.15) is 81.7 Å². The van der Waals surface area contributed by atoms with E-state index in [1.165, 1.54) is 18.2 Å². The molecule has 2 aliphatic rings. The summed E-state index contributed by atoms with van der Waals surface area (Å²) in [5.41, 5.74) is 17.7. The van der Waals surface area contributed by atoms with E-state index in [1.54, 1.807) is 62.4 Å². The SMILES string of the molecule is COc1cc(C)c(-c2cnc(NCc3c(F)ccc4c3CCO4)n3cc(C)nc23)cn1.Cc1cn2c(NCc3c(F)ccc4c3CCO4)ncc(-c3cn(C(C)C)nc3C)c2n1.Cc1cn2c(NCc3c(F)ccc4occc34)ncc(-c3cccnc3C)c2n1. The van der Waals surface area contributed by atoms with E-state index in [4.69, 9.17) is 28.6 Å². The monoisotopic (exact) mass is 1230 g/mol. The van der Waals surface area contributed by atoms with Crippen molar-refractivity contribution in [3.63, 3.8) is 0 Å². The Morgan fingerprint density at radius 1 is 0.538 bits per heavy atom. The number of nitrogens with zero attached hydrogens (tertiary/aromatic N) is 13. The average Bonchev–Trinajstić information content (AvgIpc) is 1.72. The van der Waals surface area contributed by atoms with Crippen molar-refractivity contribution in [3.8, 4) is 50.8 Å². The lowest BCUT2D eigenvalue weighted by molar-refractivity contribution is 0.356. The maximum absolute atomic E-state index is 14.5. The lowest BCUT2D eigenvalue weighted by Crippen LogP contribution is -2.10. The number of methoxy groups -OCH3 is 1. The van der Waals surface area contributed by atoms with Gasteiger partial charge >= 0.3 is 0 Å². The molecule has 0 saturated heterocycles. The number of imidazole rings is 3. The molecule has 15 rings (SSSR count). The Labute approximate surface area is 521 Å². The first-order valence-electron chi connectivity index (χ1n) is 29.8. The number of nitrogens with one attached hydrogen (secondary N) is 3. The molecule has 0 saturated carbocycles. The summed E-state index contributed by atoms with van der Waals surface area (Å²) in [4.78, 5) is 36.7. The lowest BCUT2D eigenvalue weighted by Gasteiger charge is -2.14. The molecule has 0 atom stereocenters. The lowest BCUT2D eigenvalue weighted by atomic mass is 10.0. The number of aromatic nitrogens is 13. The van der Waals surface area contributed by atoms with Crippen LogP contribution in [-0.2, 0) is 32.5 Å². The predicted octanol–water partition coefficient (Wildman–Crippen LogP) is 13.5. The number of pyridine rings is 2. The van der Waals surface area contributed by atoms with Crippen molar-refractivity contribution in [3.05, 3.63) is 202 Å². The van der Waals surface area contributed by atoms with Crippen LogP contribution in [0.5, 0.6) is 17.4 Å². The molecule has 0 bridgehead atoms. The summed E-state index contributed by atoms with van der Waals surface area (Å²) < 4.78 is 72.9. The molecule has 462 valence electrons. The minimum Gasteiger partial charge on any atom is -0.493 e. The van der Waals surface area contributed by atoms with Gasteiger partial charge in [-0.3, -0.25) is 22.9 Å². The van der Waals surface area contributed by atoms with E-state index >= 15 is 0 Å². The number of hydrogen-bond acceptors (Lipinski definition) is 16. The second-order valence-electron chi connectivity index (χ2n) is 22.7. The van der Waals surface area contributed by atoms with Crippen molar-refractivity contribution in [2.75, 3.05) is 36.3 Å². The van der Waals surface area contributed by atoms with Crippen molar-refractivity contribution in [2.24, 2.45) is 0 Å². The highest BCUT2D eigenvalue weighted by Gasteiger charge is 2.24. The molecular weight excluding hydrogens is 1160 g/mol. The molecule has 20 nitrogen and oxygen atoms in total. The average molecular weight is 1230 g/mol. The van der Waals surface area contributed by atoms with Crippen LogP contribution in [0, 0.1) is 59.0 Å². The molecule has 3 aromatic carbocycles. The molecule has 13 aromatic rings. The fourth-order valence-corrected chi connectivity index (χ4v) is 11.7. The summed E-state index contributed by atoms with van der Waals surface area (Å²) in [6, 6.07) is 17.2. The van der Waals surface area contributed by atoms with Gasteiger partial charge in [0.05, 0.1) is 49.4 Å². The summed E-state index contributed by atoms with van der Waals surface area (Å²) in [6.45, 7) is 18.0. The molecule has 3 N–H and O–H groups in total. The minimum atomic E-state index is -0.285. The van der Waals surface area contributed by atoms with Crippen molar-refractivity contribution in [1.29, 1.82) is 0 Å². The summed E-state index contributed by atoms with van der Waals surface area (Å²) in [5, 5.41) is 15.2. The Morgan fingerprint density at radius 3 is 1.54 bits per heavy atom. The van der Waals surface area contributed by atoms with Gasteiger partial charge in [0.2, 0.25) is 23.7 Å². The molecule has 0 spiro atoms. The Hall–Kier alpha value is -10.8. The molecule has 2 aliphatic heterocycles. The fourth-order valence-electron chi connectivity index (χ4n) is 11.7. The number of fused-ring (bicyclic) bond motifs is 6. The van der Waals surface area contributed by atoms with Gasteiger partial charge in [-0.2, -0.15) is 5.10 Å². The number of halogens is 3. The molecule has 0 radical (unpaired) electrons. The smallest absolute Gasteiger partial charge is 0.213 e. The fraction of sp³-hybridized carbons (Fsp3) is 0.250. The molecule has 0 aliphatic carbocycles. The van der Waals surface area contributed by atoms with Gasteiger partial charge in [0.25, 0.3) is 0 Å². The van der Waals surface area contributed by atoms with Gasteiger partial charge in [0.1, 0.15) is 51.5 Å². The molecule has 10 aromatic heterocycles. The van der Waals surface area contributed by atoms with Crippen LogP contribution in [0.3, 0.4) is 0 Å². The van der Waals surface area contributed by atoms with E-state index in [0.717, 1.165) is 119 Å². The van der Waals surface area contributed by atoms with Crippen molar-refractivity contribution < 1.29 is 31.8 Å². The van der Waals surface area contributed by atoms with Crippen LogP contribution >= 0.6 is 0 Å². The van der Waals surface area contributed by atoms with Gasteiger partial charge in [-0.25, -0.2) is 48.1 Å². The summed E-state index contributed by atoms with van der Waals surface area (Å²) in [5.74, 6) is 3.12. The van der Waals surface area contributed by atoms with E-state index in [2.05, 4.69) is 64.8 Å². The number of furan rings is 1. The Morgan fingerprint density at radius 2 is 1.03 bits per heavy atom. The molecule has 0 unspecified atom stereocenters. The predicted molar refractivity (Wildman–Crippen MR) is 341 cm³/mol. The summed E-state index contributed by atoms with van der Waals surface area (Å²) in [6.07, 6.45) is 19.7. The number of ether oxygens (including phenoxy) is 3. The normalized spacial score (nSPS) is 12.4. The van der Waals surface area contributed by atoms with E-state index in [-0.39, 0.29) is 30.0 Å². The van der Waals surface area contributed by atoms with Crippen LogP contribution in [0.4, 0.5) is 31.0 Å². The van der Waals surface area contributed by atoms with Gasteiger partial charge < -0.3 is 34.6 Å². The first-order valence-corrected chi connectivity index (χ1v) is 29.8. The summed E-state index contributed by atoms with van der Waals surface area (Å²) >= 11 is 0. The van der Waals surface area contributed by atoms with E-state index in [0.29, 0.717) is 78.7 Å². The Bertz CT molecular complexity index is 4910. The van der Waals surface area contributed by atoms with Crippen molar-refractivity contribution >= 4 is 45.8 Å². The second kappa shape index (κ2) is 24.6. The highest BCUT2D eigenvalue weighted by atomic mass is 19.1. The molecule has 0 amide bonds. The van der Waals surface area contributed by atoms with Crippen LogP contribution in [-0.4, -0.2) is 83.2 Å². The van der Waals surface area contributed by atoms with Gasteiger partial charge in [-0.15, -0.1) is 0 Å². The van der Waals surface area contributed by atoms with E-state index in [9.17, 15) is 13.2 Å². The third-order valence-electron chi connectivity index (χ3n) is 16.3. The van der Waals surface area contributed by atoms with Gasteiger partial charge in [0.15, 0.2) is 0 Å². The van der Waals surface area contributed by atoms with Gasteiger partial charge in [-0.1, -0.05) is 6.07 Å². The number of rotatable bonds is 14. The standard InChI is InChI=1S/C23H25FN6O.C23H22FN5O2.C22H18FN5O/c1-13(2)30-12-19(15(4)28-30)18-10-26-23(29-11-14(3)27-22(18)29)25-9-17-16-7-8-31-21(16)6-5-20(17)24;1-13-8-21(30-3)25-9-16(13)18-11-27-23(29-12-14(2)28-22(18)29)26-10-17-15-6-7-31-20(15)5-4-19(17)24;1-13-12-28-21(27-13)18(15-4-3-8-24-14(15)2)11-26-22(28)25-10-17-16-7-9-29-20(16)6-5-19(17)23/h5-6,10-13H,7-9H2,1-4H3,(H,25,26);4-5,8-9,11-12H,6-7,10H2,1-3H3,(H,26,27);3-9,11-12H,10H2,1-2H3,(H,25,26). The van der Waals surface area contributed by atoms with Crippen LogP contribution in [0.25, 0.3) is 61.3 Å². The first-order chi connectivity index (χ1) is 44.1. The topological polar surface area (TPSA) is 211 Å². The molecular formula is C68H65F3N16O4. The van der Waals surface area contributed by atoms with Crippen molar-refractivity contribution in [2.45, 2.75) is 93.9 Å². The summed E-state index contributed by atoms with van der Waals surface area (Å²) in [7, 11) is 1.59. The van der Waals surface area contributed by atoms with E-state index in [1.807, 2.05) is 109 Å². The minimum absolute atomic E-state index is 0.233. The third-order valence-corrected chi connectivity index (χ3v) is 16.3. The maximum atomic E-state index is 14.5. The van der Waals surface area contributed by atoms with Gasteiger partial charge in [-0.05, 0) is 109 Å². The van der Waals surface area contributed by atoms with Crippen LogP contribution < -0.4 is 30.2 Å². The Balaban J connectivity index is 0.000000125. The highest BCUT2D eigenvalue weighted by Crippen LogP contribution is 2.36. The number of anilines is 3. The zero-order valence-corrected chi connectivity index (χ0v) is 51.7. The first kappa shape index (κ1) is 59.1. The zero-order chi connectivity index (χ0) is 63.2. The third kappa shape index (κ3) is 11.5. The van der Waals surface area contributed by atoms with Crippen LogP contribution in [0.15, 0.2) is 127 Å².